The van der Waals surface area contributed by atoms with Gasteiger partial charge in [-0.05, 0) is 217 Å². The molecule has 15 rings (SSSR count). The number of allylic oxidation sites excluding steroid dienone is 4. The lowest BCUT2D eigenvalue weighted by atomic mass is 9.81. The Bertz CT molecular complexity index is 4800. The minimum Gasteiger partial charge on any atom is -0.309 e. The van der Waals surface area contributed by atoms with E-state index >= 15 is 0 Å². The SMILES string of the molecule is CC1(C)c2ccccc2-c2ccc(-c3ccc(N(C4=CC=C(c5ccc(-n6c7ccc(-c8ccc(C(F)(F)F)cc8)cc7c7cc(-c8ccc(C(F)(F)F)cc8)ccc76)cc5)C(=N)C4=NS)c4ccc(-c5ccc6c(c5)C(C)(C)c5ccccc5-6)cc4)cc3)cc21. The zero-order valence-electron chi connectivity index (χ0n) is 49.8. The molecule has 0 radical (unpaired) electrons. The van der Waals surface area contributed by atoms with E-state index in [0.717, 1.165) is 91.0 Å². The molecule has 11 aromatic carbocycles. The molecule has 3 aliphatic rings. The molecule has 12 aromatic rings. The highest BCUT2D eigenvalue weighted by Crippen LogP contribution is 2.52. The van der Waals surface area contributed by atoms with Crippen molar-refractivity contribution in [1.29, 1.82) is 5.41 Å². The number of hydrogen-bond donors (Lipinski definition) is 2. The largest absolute Gasteiger partial charge is 0.416 e. The van der Waals surface area contributed by atoms with Crippen LogP contribution in [0.4, 0.5) is 37.7 Å². The Morgan fingerprint density at radius 2 is 0.758 bits per heavy atom. The second-order valence-corrected chi connectivity index (χ2v) is 24.9. The van der Waals surface area contributed by atoms with Gasteiger partial charge in [0, 0.05) is 44.2 Å². The van der Waals surface area contributed by atoms with Gasteiger partial charge in [-0.3, -0.25) is 5.41 Å². The minimum absolute atomic E-state index is 0.153. The van der Waals surface area contributed by atoms with Crippen LogP contribution in [0.1, 0.15) is 66.6 Å². The van der Waals surface area contributed by atoms with Crippen LogP contribution < -0.4 is 4.90 Å². The topological polar surface area (TPSA) is 44.4 Å². The maximum absolute atomic E-state index is 13.6. The summed E-state index contributed by atoms with van der Waals surface area (Å²) in [5, 5.41) is 11.5. The number of anilines is 2. The molecule has 0 atom stereocenters. The summed E-state index contributed by atoms with van der Waals surface area (Å²) >= 11 is 4.59. The third-order valence-electron chi connectivity index (χ3n) is 18.9. The van der Waals surface area contributed by atoms with Crippen LogP contribution in [-0.2, 0) is 23.2 Å². The molecule has 0 amide bonds. The van der Waals surface area contributed by atoms with E-state index in [0.29, 0.717) is 39.2 Å². The third kappa shape index (κ3) is 9.55. The second kappa shape index (κ2) is 21.2. The molecule has 91 heavy (non-hydrogen) atoms. The number of aromatic nitrogens is 1. The summed E-state index contributed by atoms with van der Waals surface area (Å²) in [5.74, 6) is 0. The lowest BCUT2D eigenvalue weighted by Gasteiger charge is -2.31. The first-order valence-electron chi connectivity index (χ1n) is 30.0. The molecule has 0 unspecified atom stereocenters. The first-order valence-corrected chi connectivity index (χ1v) is 30.4. The van der Waals surface area contributed by atoms with E-state index in [9.17, 15) is 31.8 Å². The van der Waals surface area contributed by atoms with Crippen LogP contribution in [0.2, 0.25) is 0 Å². The molecule has 4 nitrogen and oxygen atoms in total. The molecule has 11 heteroatoms. The number of benzene rings is 11. The van der Waals surface area contributed by atoms with E-state index in [1.807, 2.05) is 72.8 Å². The number of hydrogen-bond acceptors (Lipinski definition) is 4. The highest BCUT2D eigenvalue weighted by atomic mass is 32.1. The van der Waals surface area contributed by atoms with Gasteiger partial charge in [0.15, 0.2) is 0 Å². The maximum Gasteiger partial charge on any atom is 0.416 e. The van der Waals surface area contributed by atoms with Crippen LogP contribution in [0.3, 0.4) is 0 Å². The molecule has 0 bridgehead atoms. The predicted octanol–water partition coefficient (Wildman–Crippen LogP) is 22.5. The lowest BCUT2D eigenvalue weighted by molar-refractivity contribution is -0.138. The average Bonchev–Trinajstić information content (AvgIpc) is 1.66. The van der Waals surface area contributed by atoms with Crippen LogP contribution in [-0.4, -0.2) is 16.0 Å². The van der Waals surface area contributed by atoms with Crippen molar-refractivity contribution in [3.05, 3.63) is 299 Å². The normalized spacial score (nSPS) is 15.1. The molecule has 3 aliphatic carbocycles. The van der Waals surface area contributed by atoms with Crippen molar-refractivity contribution in [3.63, 3.8) is 0 Å². The summed E-state index contributed by atoms with van der Waals surface area (Å²) in [7, 11) is 0. The Morgan fingerprint density at radius 1 is 0.396 bits per heavy atom. The quantitative estimate of drug-likeness (QED) is 0.0844. The fourth-order valence-electron chi connectivity index (χ4n) is 14.1. The van der Waals surface area contributed by atoms with E-state index in [4.69, 9.17) is 0 Å². The molecule has 1 aromatic heterocycles. The van der Waals surface area contributed by atoms with Crippen molar-refractivity contribution >= 4 is 63.0 Å². The molecule has 0 aliphatic heterocycles. The van der Waals surface area contributed by atoms with E-state index < -0.39 is 23.5 Å². The van der Waals surface area contributed by atoms with Crippen molar-refractivity contribution in [2.75, 3.05) is 4.90 Å². The molecule has 1 N–H and O–H groups in total. The van der Waals surface area contributed by atoms with Gasteiger partial charge in [-0.25, -0.2) is 4.40 Å². The van der Waals surface area contributed by atoms with Crippen LogP contribution in [0.5, 0.6) is 0 Å². The van der Waals surface area contributed by atoms with E-state index in [2.05, 4.69) is 188 Å². The van der Waals surface area contributed by atoms with Gasteiger partial charge >= 0.3 is 12.4 Å². The molecule has 0 saturated heterocycles. The molecular formula is C80H56F6N4S. The number of thiol groups is 1. The summed E-state index contributed by atoms with van der Waals surface area (Å²) < 4.78 is 88.4. The molecule has 0 fully saturated rings. The summed E-state index contributed by atoms with van der Waals surface area (Å²) in [4.78, 5) is 2.13. The lowest BCUT2D eigenvalue weighted by Crippen LogP contribution is -2.30. The fraction of sp³-hybridized carbons (Fsp3) is 0.100. The van der Waals surface area contributed by atoms with E-state index in [1.165, 1.54) is 68.8 Å². The summed E-state index contributed by atoms with van der Waals surface area (Å²) in [6.07, 6.45) is -5.04. The van der Waals surface area contributed by atoms with Gasteiger partial charge < -0.3 is 9.47 Å². The molecule has 444 valence electrons. The Morgan fingerprint density at radius 3 is 1.18 bits per heavy atom. The van der Waals surface area contributed by atoms with Gasteiger partial charge in [-0.2, -0.15) is 26.3 Å². The first kappa shape index (κ1) is 57.2. The van der Waals surface area contributed by atoms with Crippen molar-refractivity contribution < 1.29 is 26.3 Å². The van der Waals surface area contributed by atoms with Gasteiger partial charge in [-0.1, -0.05) is 173 Å². The number of rotatable bonds is 9. The fourth-order valence-corrected chi connectivity index (χ4v) is 14.3. The van der Waals surface area contributed by atoms with Gasteiger partial charge in [0.05, 0.1) is 33.6 Å². The predicted molar refractivity (Wildman–Crippen MR) is 363 cm³/mol. The van der Waals surface area contributed by atoms with Crippen molar-refractivity contribution in [2.24, 2.45) is 4.40 Å². The minimum atomic E-state index is -4.49. The van der Waals surface area contributed by atoms with Crippen molar-refractivity contribution in [1.82, 2.24) is 4.57 Å². The van der Waals surface area contributed by atoms with Gasteiger partial charge in [-0.15, -0.1) is 0 Å². The number of nitrogens with one attached hydrogen (secondary N) is 1. The average molecular weight is 1220 g/mol. The Balaban J connectivity index is 0.796. The zero-order chi connectivity index (χ0) is 62.9. The van der Waals surface area contributed by atoms with Gasteiger partial charge in [0.25, 0.3) is 0 Å². The number of nitrogens with zero attached hydrogens (tertiary/aromatic N) is 3. The van der Waals surface area contributed by atoms with Crippen LogP contribution in [0.15, 0.2) is 265 Å². The van der Waals surface area contributed by atoms with Crippen molar-refractivity contribution in [3.8, 4) is 72.4 Å². The smallest absolute Gasteiger partial charge is 0.309 e. The monoisotopic (exact) mass is 1220 g/mol. The molecule has 1 heterocycles. The van der Waals surface area contributed by atoms with Crippen LogP contribution in [0.25, 0.3) is 99.8 Å². The highest BCUT2D eigenvalue weighted by Gasteiger charge is 2.38. The van der Waals surface area contributed by atoms with E-state index in [-0.39, 0.29) is 16.5 Å². The van der Waals surface area contributed by atoms with Crippen molar-refractivity contribution in [2.45, 2.75) is 50.9 Å². The third-order valence-corrected chi connectivity index (χ3v) is 19.1. The van der Waals surface area contributed by atoms with Gasteiger partial charge in [0.2, 0.25) is 0 Å². The van der Waals surface area contributed by atoms with Crippen LogP contribution in [0, 0.1) is 5.41 Å². The number of fused-ring (bicyclic) bond motifs is 9. The van der Waals surface area contributed by atoms with E-state index in [1.54, 1.807) is 0 Å². The second-order valence-electron chi connectivity index (χ2n) is 24.7. The summed E-state index contributed by atoms with van der Waals surface area (Å²) in [5.41, 5.74) is 22.1. The summed E-state index contributed by atoms with van der Waals surface area (Å²) in [6.45, 7) is 9.17. The Hall–Kier alpha value is -10.2. The first-order chi connectivity index (χ1) is 43.7. The highest BCUT2D eigenvalue weighted by molar-refractivity contribution is 7.79. The molecule has 0 saturated carbocycles. The summed E-state index contributed by atoms with van der Waals surface area (Å²) in [6, 6.07) is 77.4. The zero-order valence-corrected chi connectivity index (χ0v) is 50.7. The maximum atomic E-state index is 13.6. The van der Waals surface area contributed by atoms with Crippen LogP contribution >= 0.6 is 12.8 Å². The molecule has 0 spiro atoms. The number of alkyl halides is 6. The Labute approximate surface area is 528 Å². The number of halogens is 6. The standard InChI is InChI=1S/C80H56F6N4S/c1-77(2)68-11-7-5-9-62(68)64-37-23-54(45-70(64)77)49-17-31-58(32-18-49)89(59-33-19-50(20-34-59)55-24-38-65-63-10-6-8-12-69(63)78(3,4)71(65)46-55)74-42-39-61(75(87)76(74)88-91)51-21-35-60(36-22-51)90-72-40-25-52(47-13-27-56(28-14-47)79(81,82)83)43-66(72)67-44-53(26-41-73(67)90)48-15-29-57(30-16-48)80(84,85)86/h5-46,87,91H,1-4H3. The Kier molecular flexibility index (Phi) is 13.3. The van der Waals surface area contributed by atoms with Gasteiger partial charge in [0.1, 0.15) is 5.71 Å². The molecular weight excluding hydrogens is 1160 g/mol.